The van der Waals surface area contributed by atoms with E-state index in [-0.39, 0.29) is 5.60 Å². The fraction of sp³-hybridized carbons (Fsp3) is 0.846. The molecular weight excluding hydrogens is 188 g/mol. The molecule has 1 saturated heterocycles. The first-order valence-corrected chi connectivity index (χ1v) is 6.01. The van der Waals surface area contributed by atoms with Crippen LogP contribution in [-0.4, -0.2) is 18.8 Å². The van der Waals surface area contributed by atoms with Gasteiger partial charge in [0, 0.05) is 13.0 Å². The van der Waals surface area contributed by atoms with Crippen LogP contribution in [0.4, 0.5) is 0 Å². The monoisotopic (exact) mass is 212 g/mol. The van der Waals surface area contributed by atoms with Crippen molar-refractivity contribution in [1.29, 1.82) is 0 Å². The molecule has 2 heteroatoms. The molecule has 15 heavy (non-hydrogen) atoms. The molecule has 1 atom stereocenters. The molecule has 1 rings (SSSR count). The predicted octanol–water partition coefficient (Wildman–Crippen LogP) is 3.67. The molecule has 0 bridgehead atoms. The zero-order valence-electron chi connectivity index (χ0n) is 10.3. The second-order valence-corrected chi connectivity index (χ2v) is 4.93. The SMILES string of the molecule is CC(C)=COCCC1(C)CCCCCO1. The van der Waals surface area contributed by atoms with Crippen molar-refractivity contribution >= 4 is 0 Å². The molecule has 0 spiro atoms. The Kier molecular flexibility index (Phi) is 5.16. The Labute approximate surface area is 93.7 Å². The van der Waals surface area contributed by atoms with Crippen molar-refractivity contribution < 1.29 is 9.47 Å². The van der Waals surface area contributed by atoms with Gasteiger partial charge in [-0.05, 0) is 39.2 Å². The third kappa shape index (κ3) is 5.22. The van der Waals surface area contributed by atoms with Crippen LogP contribution in [0.15, 0.2) is 11.8 Å². The summed E-state index contributed by atoms with van der Waals surface area (Å²) in [6, 6.07) is 0. The second kappa shape index (κ2) is 6.16. The minimum Gasteiger partial charge on any atom is -0.501 e. The molecule has 0 aromatic carbocycles. The third-order valence-corrected chi connectivity index (χ3v) is 2.87. The zero-order valence-corrected chi connectivity index (χ0v) is 10.3. The van der Waals surface area contributed by atoms with Gasteiger partial charge in [0.15, 0.2) is 0 Å². The highest BCUT2D eigenvalue weighted by Gasteiger charge is 2.26. The fourth-order valence-corrected chi connectivity index (χ4v) is 1.87. The first-order valence-electron chi connectivity index (χ1n) is 6.01. The summed E-state index contributed by atoms with van der Waals surface area (Å²) in [6.07, 6.45) is 7.82. The van der Waals surface area contributed by atoms with Crippen LogP contribution in [0.2, 0.25) is 0 Å². The van der Waals surface area contributed by atoms with Crippen molar-refractivity contribution in [1.82, 2.24) is 0 Å². The number of rotatable bonds is 4. The summed E-state index contributed by atoms with van der Waals surface area (Å²) >= 11 is 0. The van der Waals surface area contributed by atoms with Crippen LogP contribution in [0.3, 0.4) is 0 Å². The molecule has 0 N–H and O–H groups in total. The van der Waals surface area contributed by atoms with Gasteiger partial charge in [0.2, 0.25) is 0 Å². The standard InChI is InChI=1S/C13H24O2/c1-12(2)11-14-10-8-13(3)7-5-4-6-9-15-13/h11H,4-10H2,1-3H3. The first kappa shape index (κ1) is 12.6. The Bertz CT molecular complexity index is 197. The average molecular weight is 212 g/mol. The maximum Gasteiger partial charge on any atom is 0.0900 e. The van der Waals surface area contributed by atoms with Gasteiger partial charge in [-0.2, -0.15) is 0 Å². The highest BCUT2D eigenvalue weighted by molar-refractivity contribution is 4.86. The molecule has 1 aliphatic heterocycles. The molecule has 2 nitrogen and oxygen atoms in total. The van der Waals surface area contributed by atoms with Gasteiger partial charge >= 0.3 is 0 Å². The Morgan fingerprint density at radius 2 is 2.13 bits per heavy atom. The molecule has 1 aliphatic rings. The van der Waals surface area contributed by atoms with E-state index < -0.39 is 0 Å². The number of allylic oxidation sites excluding steroid dienone is 1. The molecule has 0 amide bonds. The molecule has 1 unspecified atom stereocenters. The van der Waals surface area contributed by atoms with Gasteiger partial charge in [0.05, 0.1) is 18.5 Å². The maximum atomic E-state index is 5.90. The van der Waals surface area contributed by atoms with E-state index in [1.165, 1.54) is 31.3 Å². The summed E-state index contributed by atoms with van der Waals surface area (Å²) in [5.41, 5.74) is 1.26. The number of hydrogen-bond donors (Lipinski definition) is 0. The van der Waals surface area contributed by atoms with Crippen molar-refractivity contribution in [3.05, 3.63) is 11.8 Å². The Morgan fingerprint density at radius 1 is 1.33 bits per heavy atom. The van der Waals surface area contributed by atoms with E-state index in [2.05, 4.69) is 6.92 Å². The summed E-state index contributed by atoms with van der Waals surface area (Å²) in [5, 5.41) is 0. The van der Waals surface area contributed by atoms with Crippen molar-refractivity contribution in [2.75, 3.05) is 13.2 Å². The Morgan fingerprint density at radius 3 is 2.87 bits per heavy atom. The molecule has 0 aromatic heterocycles. The zero-order chi connectivity index (χ0) is 11.1. The van der Waals surface area contributed by atoms with Gasteiger partial charge in [-0.1, -0.05) is 12.8 Å². The average Bonchev–Trinajstić information content (AvgIpc) is 2.38. The maximum absolute atomic E-state index is 5.90. The molecule has 1 heterocycles. The van der Waals surface area contributed by atoms with Crippen molar-refractivity contribution in [3.8, 4) is 0 Å². The topological polar surface area (TPSA) is 18.5 Å². The second-order valence-electron chi connectivity index (χ2n) is 4.93. The van der Waals surface area contributed by atoms with Crippen LogP contribution in [0.1, 0.15) is 52.9 Å². The van der Waals surface area contributed by atoms with E-state index in [0.29, 0.717) is 0 Å². The first-order chi connectivity index (χ1) is 7.12. The van der Waals surface area contributed by atoms with Gasteiger partial charge in [-0.3, -0.25) is 0 Å². The number of ether oxygens (including phenoxy) is 2. The lowest BCUT2D eigenvalue weighted by Crippen LogP contribution is -2.29. The van der Waals surface area contributed by atoms with Crippen LogP contribution in [0.25, 0.3) is 0 Å². The van der Waals surface area contributed by atoms with Crippen molar-refractivity contribution in [3.63, 3.8) is 0 Å². The Hall–Kier alpha value is -0.500. The molecule has 0 aliphatic carbocycles. The molecule has 88 valence electrons. The van der Waals surface area contributed by atoms with Crippen LogP contribution in [-0.2, 0) is 9.47 Å². The smallest absolute Gasteiger partial charge is 0.0900 e. The van der Waals surface area contributed by atoms with E-state index in [1.54, 1.807) is 0 Å². The lowest BCUT2D eigenvalue weighted by Gasteiger charge is -2.27. The number of hydrogen-bond acceptors (Lipinski definition) is 2. The summed E-state index contributed by atoms with van der Waals surface area (Å²) in [7, 11) is 0. The van der Waals surface area contributed by atoms with E-state index in [1.807, 2.05) is 20.1 Å². The minimum absolute atomic E-state index is 0.0476. The molecular formula is C13H24O2. The normalized spacial score (nSPS) is 26.9. The van der Waals surface area contributed by atoms with E-state index >= 15 is 0 Å². The summed E-state index contributed by atoms with van der Waals surface area (Å²) in [4.78, 5) is 0. The van der Waals surface area contributed by atoms with Gasteiger partial charge in [0.25, 0.3) is 0 Å². The van der Waals surface area contributed by atoms with Crippen LogP contribution in [0, 0.1) is 0 Å². The van der Waals surface area contributed by atoms with Crippen molar-refractivity contribution in [2.45, 2.75) is 58.5 Å². The highest BCUT2D eigenvalue weighted by atomic mass is 16.5. The summed E-state index contributed by atoms with van der Waals surface area (Å²) < 4.78 is 11.4. The predicted molar refractivity (Wildman–Crippen MR) is 62.8 cm³/mol. The van der Waals surface area contributed by atoms with Crippen LogP contribution >= 0.6 is 0 Å². The quantitative estimate of drug-likeness (QED) is 0.523. The van der Waals surface area contributed by atoms with Gasteiger partial charge in [0.1, 0.15) is 0 Å². The van der Waals surface area contributed by atoms with Crippen LogP contribution < -0.4 is 0 Å². The lowest BCUT2D eigenvalue weighted by molar-refractivity contribution is -0.0442. The largest absolute Gasteiger partial charge is 0.501 e. The molecule has 0 saturated carbocycles. The van der Waals surface area contributed by atoms with E-state index in [4.69, 9.17) is 9.47 Å². The van der Waals surface area contributed by atoms with E-state index in [9.17, 15) is 0 Å². The summed E-state index contributed by atoms with van der Waals surface area (Å²) in [5.74, 6) is 0. The van der Waals surface area contributed by atoms with Crippen LogP contribution in [0.5, 0.6) is 0 Å². The highest BCUT2D eigenvalue weighted by Crippen LogP contribution is 2.26. The lowest BCUT2D eigenvalue weighted by atomic mass is 9.96. The van der Waals surface area contributed by atoms with Gasteiger partial charge in [-0.15, -0.1) is 0 Å². The Balaban J connectivity index is 2.25. The molecule has 0 radical (unpaired) electrons. The minimum atomic E-state index is 0.0476. The van der Waals surface area contributed by atoms with Gasteiger partial charge in [-0.25, -0.2) is 0 Å². The van der Waals surface area contributed by atoms with Gasteiger partial charge < -0.3 is 9.47 Å². The fourth-order valence-electron chi connectivity index (χ4n) is 1.87. The van der Waals surface area contributed by atoms with Crippen molar-refractivity contribution in [2.24, 2.45) is 0 Å². The third-order valence-electron chi connectivity index (χ3n) is 2.87. The summed E-state index contributed by atoms with van der Waals surface area (Å²) in [6.45, 7) is 7.98. The van der Waals surface area contributed by atoms with E-state index in [0.717, 1.165) is 19.6 Å². The molecule has 1 fully saturated rings. The molecule has 0 aromatic rings.